The maximum absolute atomic E-state index is 13.0. The number of ketones is 1. The Kier molecular flexibility index (Phi) is 5.64. The molecule has 0 bridgehead atoms. The number of ether oxygens (including phenoxy) is 1. The van der Waals surface area contributed by atoms with Gasteiger partial charge < -0.3 is 14.1 Å². The van der Waals surface area contributed by atoms with Gasteiger partial charge in [0.05, 0.1) is 23.6 Å². The molecule has 0 aliphatic rings. The van der Waals surface area contributed by atoms with Gasteiger partial charge in [-0.25, -0.2) is 9.18 Å². The number of aryl methyl sites for hydroxylation is 1. The van der Waals surface area contributed by atoms with Crippen LogP contribution in [0.2, 0.25) is 0 Å². The summed E-state index contributed by atoms with van der Waals surface area (Å²) in [5, 5.41) is 7.54. The number of hydrogen-bond donors (Lipinski definition) is 1. The number of carbonyl (C=O) groups excluding carboxylic acids is 2. The number of methoxy groups -OCH3 is 1. The van der Waals surface area contributed by atoms with Crippen LogP contribution in [0.15, 0.2) is 33.9 Å². The summed E-state index contributed by atoms with van der Waals surface area (Å²) in [6.07, 6.45) is 0. The summed E-state index contributed by atoms with van der Waals surface area (Å²) in [5.74, 6) is -0.823. The fourth-order valence-corrected chi connectivity index (χ4v) is 3.52. The third-order valence-corrected chi connectivity index (χ3v) is 5.15. The van der Waals surface area contributed by atoms with Crippen LogP contribution in [-0.2, 0) is 4.74 Å². The number of aromatic amines is 1. The lowest BCUT2D eigenvalue weighted by Gasteiger charge is -2.07. The molecule has 3 rings (SSSR count). The van der Waals surface area contributed by atoms with Crippen LogP contribution in [0.1, 0.15) is 39.0 Å². The maximum Gasteiger partial charge on any atom is 0.339 e. The van der Waals surface area contributed by atoms with Gasteiger partial charge in [0.1, 0.15) is 5.82 Å². The van der Waals surface area contributed by atoms with Gasteiger partial charge >= 0.3 is 5.97 Å². The molecule has 0 spiro atoms. The van der Waals surface area contributed by atoms with Crippen molar-refractivity contribution in [3.05, 3.63) is 52.6 Å². The molecule has 0 saturated heterocycles. The fraction of sp³-hybridized carbons (Fsp3) is 0.263. The number of benzene rings is 1. The molecule has 0 saturated carbocycles. The van der Waals surface area contributed by atoms with Gasteiger partial charge in [0.25, 0.3) is 5.22 Å². The Balaban J connectivity index is 1.77. The molecule has 7 nitrogen and oxygen atoms in total. The van der Waals surface area contributed by atoms with E-state index in [0.717, 1.165) is 11.8 Å². The van der Waals surface area contributed by atoms with E-state index in [1.54, 1.807) is 20.8 Å². The first-order valence-corrected chi connectivity index (χ1v) is 9.27. The highest BCUT2D eigenvalue weighted by Crippen LogP contribution is 2.29. The minimum atomic E-state index is -0.538. The van der Waals surface area contributed by atoms with Crippen LogP contribution < -0.4 is 0 Å². The first kappa shape index (κ1) is 19.8. The normalized spacial score (nSPS) is 12.0. The monoisotopic (exact) mass is 403 g/mol. The van der Waals surface area contributed by atoms with Gasteiger partial charge in [-0.3, -0.25) is 4.79 Å². The van der Waals surface area contributed by atoms with E-state index in [1.165, 1.54) is 31.4 Å². The quantitative estimate of drug-likeness (QED) is 0.378. The topological polar surface area (TPSA) is 98.1 Å². The van der Waals surface area contributed by atoms with Crippen molar-refractivity contribution < 1.29 is 23.1 Å². The van der Waals surface area contributed by atoms with Gasteiger partial charge in [0.15, 0.2) is 5.78 Å². The molecule has 0 radical (unpaired) electrons. The number of thioether (sulfide) groups is 1. The van der Waals surface area contributed by atoms with Gasteiger partial charge in [-0.05, 0) is 50.6 Å². The SMILES string of the molecule is COC(=O)c1c(C)[nH]c(C(=O)C(C)Sc2nnc(-c3ccc(F)cc3)o2)c1C. The molecular weight excluding hydrogens is 385 g/mol. The van der Waals surface area contributed by atoms with Gasteiger partial charge in [-0.2, -0.15) is 0 Å². The number of nitrogens with one attached hydrogen (secondary N) is 1. The largest absolute Gasteiger partial charge is 0.465 e. The second-order valence-corrected chi connectivity index (χ2v) is 7.41. The van der Waals surface area contributed by atoms with Crippen molar-refractivity contribution in [3.63, 3.8) is 0 Å². The summed E-state index contributed by atoms with van der Waals surface area (Å²) in [6.45, 7) is 5.11. The van der Waals surface area contributed by atoms with Crippen molar-refractivity contribution in [2.45, 2.75) is 31.2 Å². The molecule has 2 aromatic heterocycles. The standard InChI is InChI=1S/C19H18FN3O4S/c1-9-14(18(25)26-4)10(2)21-15(9)16(24)11(3)28-19-23-22-17(27-19)12-5-7-13(20)8-6-12/h5-8,11,21H,1-4H3. The number of esters is 1. The Labute approximate surface area is 164 Å². The highest BCUT2D eigenvalue weighted by Gasteiger charge is 2.27. The minimum Gasteiger partial charge on any atom is -0.465 e. The molecule has 0 fully saturated rings. The Morgan fingerprint density at radius 2 is 1.89 bits per heavy atom. The van der Waals surface area contributed by atoms with Crippen LogP contribution >= 0.6 is 11.8 Å². The summed E-state index contributed by atoms with van der Waals surface area (Å²) in [6, 6.07) is 5.66. The molecule has 9 heteroatoms. The van der Waals surface area contributed by atoms with Crippen molar-refractivity contribution in [2.24, 2.45) is 0 Å². The van der Waals surface area contributed by atoms with Gasteiger partial charge in [0.2, 0.25) is 5.89 Å². The van der Waals surface area contributed by atoms with Crippen molar-refractivity contribution in [2.75, 3.05) is 7.11 Å². The summed E-state index contributed by atoms with van der Waals surface area (Å²) >= 11 is 1.10. The van der Waals surface area contributed by atoms with E-state index in [1.807, 2.05) is 0 Å². The molecule has 2 heterocycles. The molecular formula is C19H18FN3O4S. The lowest BCUT2D eigenvalue weighted by atomic mass is 10.1. The van der Waals surface area contributed by atoms with E-state index in [9.17, 15) is 14.0 Å². The molecule has 1 unspecified atom stereocenters. The van der Waals surface area contributed by atoms with Crippen LogP contribution in [0.3, 0.4) is 0 Å². The highest BCUT2D eigenvalue weighted by molar-refractivity contribution is 8.00. The molecule has 0 aliphatic carbocycles. The van der Waals surface area contributed by atoms with Gasteiger partial charge in [-0.15, -0.1) is 10.2 Å². The molecule has 28 heavy (non-hydrogen) atoms. The summed E-state index contributed by atoms with van der Waals surface area (Å²) < 4.78 is 23.4. The van der Waals surface area contributed by atoms with Gasteiger partial charge in [-0.1, -0.05) is 11.8 Å². The number of nitrogens with zero attached hydrogens (tertiary/aromatic N) is 2. The zero-order chi connectivity index (χ0) is 20.4. The molecule has 146 valence electrons. The third-order valence-electron chi connectivity index (χ3n) is 4.22. The third kappa shape index (κ3) is 3.84. The average molecular weight is 403 g/mol. The van der Waals surface area contributed by atoms with Crippen LogP contribution in [-0.4, -0.2) is 39.3 Å². The van der Waals surface area contributed by atoms with Crippen LogP contribution in [0.5, 0.6) is 0 Å². The first-order valence-electron chi connectivity index (χ1n) is 8.39. The minimum absolute atomic E-state index is 0.206. The lowest BCUT2D eigenvalue weighted by Crippen LogP contribution is -2.15. The van der Waals surface area contributed by atoms with Crippen LogP contribution in [0.4, 0.5) is 4.39 Å². The van der Waals surface area contributed by atoms with Crippen molar-refractivity contribution in [1.29, 1.82) is 0 Å². The zero-order valence-corrected chi connectivity index (χ0v) is 16.5. The number of H-pyrrole nitrogens is 1. The van der Waals surface area contributed by atoms with E-state index in [0.29, 0.717) is 28.1 Å². The Bertz CT molecular complexity index is 1030. The maximum atomic E-state index is 13.0. The molecule has 1 N–H and O–H groups in total. The number of aromatic nitrogens is 3. The van der Waals surface area contributed by atoms with Crippen LogP contribution in [0.25, 0.3) is 11.5 Å². The predicted octanol–water partition coefficient (Wildman–Crippen LogP) is 3.97. The summed E-state index contributed by atoms with van der Waals surface area (Å²) in [7, 11) is 1.29. The highest BCUT2D eigenvalue weighted by atomic mass is 32.2. The lowest BCUT2D eigenvalue weighted by molar-refractivity contribution is 0.0599. The number of hydrogen-bond acceptors (Lipinski definition) is 7. The summed E-state index contributed by atoms with van der Waals surface area (Å²) in [5.41, 5.74) is 2.40. The fourth-order valence-electron chi connectivity index (χ4n) is 2.78. The van der Waals surface area contributed by atoms with E-state index in [2.05, 4.69) is 15.2 Å². The van der Waals surface area contributed by atoms with Crippen molar-refractivity contribution in [3.8, 4) is 11.5 Å². The number of rotatable bonds is 6. The summed E-state index contributed by atoms with van der Waals surface area (Å²) in [4.78, 5) is 27.7. The van der Waals surface area contributed by atoms with Crippen molar-refractivity contribution in [1.82, 2.24) is 15.2 Å². The molecule has 1 atom stereocenters. The second kappa shape index (κ2) is 7.97. The average Bonchev–Trinajstić information content (AvgIpc) is 3.25. The number of Topliss-reactive ketones (excluding diaryl/α,β-unsaturated/α-hetero) is 1. The molecule has 0 amide bonds. The number of halogens is 1. The predicted molar refractivity (Wildman–Crippen MR) is 101 cm³/mol. The Hall–Kier alpha value is -2.94. The molecule has 3 aromatic rings. The molecule has 0 aliphatic heterocycles. The van der Waals surface area contributed by atoms with E-state index < -0.39 is 11.2 Å². The zero-order valence-electron chi connectivity index (χ0n) is 15.7. The van der Waals surface area contributed by atoms with E-state index in [-0.39, 0.29) is 22.7 Å². The van der Waals surface area contributed by atoms with E-state index >= 15 is 0 Å². The van der Waals surface area contributed by atoms with Crippen molar-refractivity contribution >= 4 is 23.5 Å². The van der Waals surface area contributed by atoms with Crippen LogP contribution in [0, 0.1) is 19.7 Å². The second-order valence-electron chi connectivity index (χ2n) is 6.12. The molecule has 1 aromatic carbocycles. The Morgan fingerprint density at radius 1 is 1.21 bits per heavy atom. The first-order chi connectivity index (χ1) is 13.3. The smallest absolute Gasteiger partial charge is 0.339 e. The Morgan fingerprint density at radius 3 is 2.54 bits per heavy atom. The van der Waals surface area contributed by atoms with Gasteiger partial charge in [0, 0.05) is 11.3 Å². The van der Waals surface area contributed by atoms with E-state index in [4.69, 9.17) is 9.15 Å². The number of carbonyl (C=O) groups is 2.